The predicted octanol–water partition coefficient (Wildman–Crippen LogP) is 5.18. The molecule has 0 spiro atoms. The molecule has 4 aromatic rings. The Morgan fingerprint density at radius 2 is 1.70 bits per heavy atom. The number of nitrogens with one attached hydrogen (secondary N) is 4. The van der Waals surface area contributed by atoms with Gasteiger partial charge in [-0.2, -0.15) is 4.98 Å². The van der Waals surface area contributed by atoms with Crippen LogP contribution in [-0.2, 0) is 14.3 Å². The van der Waals surface area contributed by atoms with Crippen LogP contribution >= 0.6 is 0 Å². The van der Waals surface area contributed by atoms with Crippen LogP contribution in [0.15, 0.2) is 48.9 Å². The molecule has 1 unspecified atom stereocenters. The number of imide groups is 2. The van der Waals surface area contributed by atoms with Gasteiger partial charge in [0.25, 0.3) is 17.7 Å². The Bertz CT molecular complexity index is 2360. The summed E-state index contributed by atoms with van der Waals surface area (Å²) in [4.78, 5) is 84.4. The van der Waals surface area contributed by atoms with Crippen molar-refractivity contribution in [3.05, 3.63) is 65.6 Å². The number of nitrogens with zero attached hydrogens (tertiary/aromatic N) is 7. The van der Waals surface area contributed by atoms with Crippen molar-refractivity contribution in [1.82, 2.24) is 40.0 Å². The first-order chi connectivity index (χ1) is 30.7. The van der Waals surface area contributed by atoms with Crippen molar-refractivity contribution in [2.45, 2.75) is 108 Å². The van der Waals surface area contributed by atoms with E-state index in [1.54, 1.807) is 31.5 Å². The molecule has 332 valence electrons. The maximum absolute atomic E-state index is 13.9. The second-order valence-electron chi connectivity index (χ2n) is 17.5. The van der Waals surface area contributed by atoms with Gasteiger partial charge in [0.1, 0.15) is 17.7 Å². The van der Waals surface area contributed by atoms with E-state index in [4.69, 9.17) is 14.7 Å². The molecule has 9 rings (SSSR count). The highest BCUT2D eigenvalue weighted by Gasteiger charge is 2.45. The fourth-order valence-electron chi connectivity index (χ4n) is 9.96. The third-order valence-corrected chi connectivity index (χ3v) is 13.5. The van der Waals surface area contributed by atoms with Crippen molar-refractivity contribution in [2.24, 2.45) is 0 Å². The Kier molecular flexibility index (Phi) is 12.6. The highest BCUT2D eigenvalue weighted by molar-refractivity contribution is 6.25. The number of ether oxygens (including phenoxy) is 1. The zero-order chi connectivity index (χ0) is 43.5. The van der Waals surface area contributed by atoms with Gasteiger partial charge in [-0.05, 0) is 82.5 Å². The van der Waals surface area contributed by atoms with E-state index in [0.717, 1.165) is 106 Å². The second-order valence-corrected chi connectivity index (χ2v) is 17.5. The Hall–Kier alpha value is -5.94. The van der Waals surface area contributed by atoms with E-state index in [9.17, 15) is 24.0 Å². The van der Waals surface area contributed by atoms with Gasteiger partial charge in [-0.25, -0.2) is 9.97 Å². The van der Waals surface area contributed by atoms with Crippen LogP contribution < -0.4 is 26.2 Å². The van der Waals surface area contributed by atoms with Gasteiger partial charge in [0, 0.05) is 94.1 Å². The topological polar surface area (TPSA) is 196 Å². The number of unbranched alkanes of at least 4 members (excludes halogenated alkanes) is 2. The number of hydrogen-bond acceptors (Lipinski definition) is 13. The van der Waals surface area contributed by atoms with Crippen LogP contribution in [0, 0.1) is 0 Å². The maximum Gasteiger partial charge on any atom is 0.264 e. The highest BCUT2D eigenvalue weighted by atomic mass is 16.5. The van der Waals surface area contributed by atoms with E-state index in [2.05, 4.69) is 40.6 Å². The van der Waals surface area contributed by atoms with Crippen molar-refractivity contribution in [2.75, 3.05) is 61.9 Å². The number of aromatic nitrogens is 4. The third-order valence-electron chi connectivity index (χ3n) is 13.5. The largest absolute Gasteiger partial charge is 0.384 e. The summed E-state index contributed by atoms with van der Waals surface area (Å²) in [6.07, 6.45) is 17.2. The third kappa shape index (κ3) is 9.12. The second kappa shape index (κ2) is 18.8. The molecule has 17 heteroatoms. The highest BCUT2D eigenvalue weighted by Crippen LogP contribution is 2.36. The average molecular weight is 860 g/mol. The first-order valence-corrected chi connectivity index (χ1v) is 22.7. The van der Waals surface area contributed by atoms with E-state index in [0.29, 0.717) is 41.4 Å². The van der Waals surface area contributed by atoms with Gasteiger partial charge < -0.3 is 35.1 Å². The van der Waals surface area contributed by atoms with Gasteiger partial charge in [0.05, 0.1) is 28.3 Å². The average Bonchev–Trinajstić information content (AvgIpc) is 4.03. The lowest BCUT2D eigenvalue weighted by atomic mass is 10.0. The monoisotopic (exact) mass is 859 g/mol. The summed E-state index contributed by atoms with van der Waals surface area (Å²) in [6.45, 7) is 5.12. The van der Waals surface area contributed by atoms with Crippen molar-refractivity contribution >= 4 is 63.7 Å². The summed E-state index contributed by atoms with van der Waals surface area (Å²) in [5.74, 6) is -0.0476. The number of methoxy groups -OCH3 is 1. The Morgan fingerprint density at radius 1 is 0.889 bits per heavy atom. The van der Waals surface area contributed by atoms with E-state index in [-0.39, 0.29) is 42.0 Å². The van der Waals surface area contributed by atoms with Crippen LogP contribution in [0.25, 0.3) is 10.9 Å². The van der Waals surface area contributed by atoms with E-state index in [1.165, 1.54) is 12.8 Å². The predicted molar refractivity (Wildman–Crippen MR) is 237 cm³/mol. The molecule has 4 N–H and O–H groups in total. The number of hydrogen-bond donors (Lipinski definition) is 4. The molecule has 4 fully saturated rings. The number of likely N-dealkylation sites (tertiary alicyclic amines) is 1. The van der Waals surface area contributed by atoms with Crippen molar-refractivity contribution in [3.63, 3.8) is 0 Å². The van der Waals surface area contributed by atoms with Gasteiger partial charge in [-0.15, -0.1) is 0 Å². The lowest BCUT2D eigenvalue weighted by molar-refractivity contribution is -0.136. The number of amides is 5. The number of piperidine rings is 3. The summed E-state index contributed by atoms with van der Waals surface area (Å²) in [7, 11) is 1.77. The molecule has 3 saturated heterocycles. The lowest BCUT2D eigenvalue weighted by Crippen LogP contribution is -2.54. The van der Waals surface area contributed by atoms with Crippen LogP contribution in [-0.4, -0.2) is 123 Å². The fourth-order valence-corrected chi connectivity index (χ4v) is 9.96. The van der Waals surface area contributed by atoms with E-state index < -0.39 is 29.7 Å². The normalized spacial score (nSPS) is 20.4. The van der Waals surface area contributed by atoms with Gasteiger partial charge in [-0.3, -0.25) is 34.2 Å². The first-order valence-electron chi connectivity index (χ1n) is 22.7. The molecule has 5 amide bonds. The number of anilines is 4. The molecule has 3 aromatic heterocycles. The number of pyridine rings is 1. The van der Waals surface area contributed by atoms with Crippen molar-refractivity contribution < 1.29 is 28.7 Å². The Morgan fingerprint density at radius 3 is 2.48 bits per heavy atom. The summed E-state index contributed by atoms with van der Waals surface area (Å²) >= 11 is 0. The molecular formula is C46H57N11O6. The number of benzene rings is 1. The van der Waals surface area contributed by atoms with Gasteiger partial charge in [0.15, 0.2) is 0 Å². The zero-order valence-electron chi connectivity index (χ0n) is 35.9. The smallest absolute Gasteiger partial charge is 0.264 e. The van der Waals surface area contributed by atoms with E-state index in [1.807, 2.05) is 24.5 Å². The Labute approximate surface area is 366 Å². The quantitative estimate of drug-likeness (QED) is 0.0903. The SMILES string of the molecule is COC1CCN(c2nccc(Nc3cc4c(cn3)c(C(=O)NC3CCN(CCCCCNc5cccc6c5C(=O)N(C5CCC(=O)NC5=O)C6=O)CC3)cn4C3CCCC3)n2)CC1. The number of rotatable bonds is 15. The summed E-state index contributed by atoms with van der Waals surface area (Å²) < 4.78 is 7.82. The molecule has 1 aromatic carbocycles. The summed E-state index contributed by atoms with van der Waals surface area (Å²) in [5.41, 5.74) is 2.79. The molecule has 1 saturated carbocycles. The van der Waals surface area contributed by atoms with Crippen LogP contribution in [0.3, 0.4) is 0 Å². The van der Waals surface area contributed by atoms with Gasteiger partial charge in [-0.1, -0.05) is 25.3 Å². The molecule has 5 aliphatic rings. The fraction of sp³-hybridized carbons (Fsp3) is 0.522. The lowest BCUT2D eigenvalue weighted by Gasteiger charge is -2.32. The molecule has 1 aliphatic carbocycles. The molecule has 4 aliphatic heterocycles. The van der Waals surface area contributed by atoms with E-state index >= 15 is 0 Å². The van der Waals surface area contributed by atoms with Gasteiger partial charge >= 0.3 is 0 Å². The van der Waals surface area contributed by atoms with Crippen LogP contribution in [0.4, 0.5) is 23.3 Å². The van der Waals surface area contributed by atoms with Crippen LogP contribution in [0.2, 0.25) is 0 Å². The molecule has 7 heterocycles. The summed E-state index contributed by atoms with van der Waals surface area (Å²) in [6, 6.07) is 8.46. The van der Waals surface area contributed by atoms with Crippen molar-refractivity contribution in [3.8, 4) is 0 Å². The molecule has 17 nitrogen and oxygen atoms in total. The number of fused-ring (bicyclic) bond motifs is 2. The maximum atomic E-state index is 13.9. The molecule has 0 bridgehead atoms. The molecule has 63 heavy (non-hydrogen) atoms. The zero-order valence-corrected chi connectivity index (χ0v) is 35.9. The Balaban J connectivity index is 0.745. The van der Waals surface area contributed by atoms with Crippen molar-refractivity contribution in [1.29, 1.82) is 0 Å². The molecule has 1 atom stereocenters. The van der Waals surface area contributed by atoms with Gasteiger partial charge in [0.2, 0.25) is 17.8 Å². The van der Waals surface area contributed by atoms with Crippen LogP contribution in [0.1, 0.15) is 121 Å². The molecule has 0 radical (unpaired) electrons. The first kappa shape index (κ1) is 42.4. The van der Waals surface area contributed by atoms with Crippen LogP contribution in [0.5, 0.6) is 0 Å². The minimum Gasteiger partial charge on any atom is -0.384 e. The summed E-state index contributed by atoms with van der Waals surface area (Å²) in [5, 5.41) is 13.2. The minimum absolute atomic E-state index is 0.0540. The molecular weight excluding hydrogens is 803 g/mol. The number of carbonyl (C=O) groups is 5. The minimum atomic E-state index is -0.990. The standard InChI is InChI=1S/C46H57N11O6/c1-63-31-17-24-55(25-18-31)46-48-20-14-38(52-46)51-39-26-37-33(27-49-39)34(28-56(37)30-8-3-4-9-30)42(59)50-29-15-22-54(23-16-29)21-6-2-5-19-47-35-11-7-10-32-41(35)45(62)57(44(32)61)36-12-13-40(58)53-43(36)60/h7,10-11,14,20,26-31,36,47H,2-6,8-9,12-13,15-19,21-25H2,1H3,(H,50,59)(H,53,58,60)(H,48,49,51,52). The number of carbonyl (C=O) groups excluding carboxylic acids is 5.